The third-order valence-electron chi connectivity index (χ3n) is 20.2. The van der Waals surface area contributed by atoms with Crippen LogP contribution in [0.5, 0.6) is 17.2 Å². The van der Waals surface area contributed by atoms with Crippen molar-refractivity contribution < 1.29 is 33.4 Å². The molecule has 4 aromatic heterocycles. The second-order valence-corrected chi connectivity index (χ2v) is 29.4. The molecule has 636 valence electrons. The van der Waals surface area contributed by atoms with Crippen LogP contribution >= 0.6 is 11.6 Å². The molecule has 0 aliphatic carbocycles. The van der Waals surface area contributed by atoms with E-state index in [0.29, 0.717) is 81.4 Å². The zero-order valence-electron chi connectivity index (χ0n) is 71.1. The molecule has 3 atom stereocenters. The zero-order chi connectivity index (χ0) is 88.4. The minimum absolute atomic E-state index is 0.0113. The molecule has 0 radical (unpaired) electrons. The Morgan fingerprint density at radius 1 is 0.302 bits per heavy atom. The van der Waals surface area contributed by atoms with Gasteiger partial charge in [-0.2, -0.15) is 38.7 Å². The van der Waals surface area contributed by atoms with Gasteiger partial charge in [0.1, 0.15) is 17.2 Å². The Balaban J connectivity index is 0.000000144. The van der Waals surface area contributed by atoms with E-state index in [1.807, 2.05) is 340 Å². The molecule has 4 amide bonds. The van der Waals surface area contributed by atoms with Crippen molar-refractivity contribution in [3.8, 4) is 40.0 Å². The van der Waals surface area contributed by atoms with Crippen LogP contribution in [0.3, 0.4) is 0 Å². The summed E-state index contributed by atoms with van der Waals surface area (Å²) in [6, 6.07) is 99.1. The van der Waals surface area contributed by atoms with E-state index < -0.39 is 0 Å². The predicted molar refractivity (Wildman–Crippen MR) is 496 cm³/mol. The van der Waals surface area contributed by atoms with E-state index in [1.54, 1.807) is 64.3 Å². The van der Waals surface area contributed by atoms with Gasteiger partial charge in [-0.3, -0.25) is 40.4 Å². The fraction of sp³-hybridized carbons (Fsp3) is 0.143. The first-order valence-corrected chi connectivity index (χ1v) is 40.9. The molecule has 8 N–H and O–H groups in total. The van der Waals surface area contributed by atoms with E-state index in [9.17, 15) is 19.2 Å². The molecular weight excluding hydrogens is 1600 g/mol. The number of hydrogen-bond acceptors (Lipinski definition) is 19. The summed E-state index contributed by atoms with van der Waals surface area (Å²) in [7, 11) is 4.84. The van der Waals surface area contributed by atoms with Crippen molar-refractivity contribution in [1.82, 2.24) is 59.1 Å². The summed E-state index contributed by atoms with van der Waals surface area (Å²) < 4.78 is 22.2. The first kappa shape index (κ1) is 87.8. The maximum Gasteiger partial charge on any atom is 0.258 e. The third-order valence-corrected chi connectivity index (χ3v) is 20.5. The highest BCUT2D eigenvalue weighted by atomic mass is 35.5. The van der Waals surface area contributed by atoms with E-state index in [2.05, 4.69) is 82.9 Å². The van der Waals surface area contributed by atoms with Gasteiger partial charge in [0.2, 0.25) is 47.6 Å². The number of anilines is 8. The highest BCUT2D eigenvalue weighted by Crippen LogP contribution is 2.30. The fourth-order valence-corrected chi connectivity index (χ4v) is 13.4. The quantitative estimate of drug-likeness (QED) is 0.0237. The highest BCUT2D eigenvalue weighted by molar-refractivity contribution is 6.31. The Labute approximate surface area is 735 Å². The van der Waals surface area contributed by atoms with Crippen LogP contribution in [0.4, 0.5) is 47.6 Å². The average molecular weight is 1700 g/mol. The van der Waals surface area contributed by atoms with E-state index in [4.69, 9.17) is 25.8 Å². The van der Waals surface area contributed by atoms with E-state index in [0.717, 1.165) is 84.5 Å². The van der Waals surface area contributed by atoms with Gasteiger partial charge in [0.25, 0.3) is 23.6 Å². The van der Waals surface area contributed by atoms with Gasteiger partial charge >= 0.3 is 0 Å². The van der Waals surface area contributed by atoms with Gasteiger partial charge in [-0.25, -0.2) is 0 Å². The molecule has 0 fully saturated rings. The van der Waals surface area contributed by atoms with Gasteiger partial charge in [0.05, 0.1) is 62.2 Å². The molecule has 28 heteroatoms. The van der Waals surface area contributed by atoms with Crippen molar-refractivity contribution in [1.29, 1.82) is 0 Å². The number of carbonyl (C=O) groups excluding carboxylic acids is 4. The molecule has 27 nitrogen and oxygen atoms in total. The number of benzene rings is 12. The Morgan fingerprint density at radius 2 is 0.540 bits per heavy atom. The molecule has 0 saturated carbocycles. The number of aryl methyl sites for hydroxylation is 4. The molecule has 16 rings (SSSR count). The number of nitrogens with one attached hydrogen (secondary N) is 8. The number of amides is 4. The summed E-state index contributed by atoms with van der Waals surface area (Å²) in [5, 5.41) is 43.7. The maximum atomic E-state index is 12.9. The highest BCUT2D eigenvalue weighted by Gasteiger charge is 2.24. The monoisotopic (exact) mass is 1700 g/mol. The van der Waals surface area contributed by atoms with E-state index in [-0.39, 0.29) is 41.8 Å². The van der Waals surface area contributed by atoms with Crippen LogP contribution in [0.2, 0.25) is 5.02 Å². The topological polar surface area (TPSA) is 315 Å². The number of nitrogens with zero attached hydrogens (tertiary/aromatic N) is 12. The normalized spacial score (nSPS) is 11.4. The molecule has 0 aliphatic rings. The first-order valence-electron chi connectivity index (χ1n) is 40.5. The molecule has 0 saturated heterocycles. The molecule has 126 heavy (non-hydrogen) atoms. The van der Waals surface area contributed by atoms with E-state index in [1.165, 1.54) is 0 Å². The minimum atomic E-state index is -0.261. The smallest absolute Gasteiger partial charge is 0.258 e. The van der Waals surface area contributed by atoms with Crippen molar-refractivity contribution in [3.05, 3.63) is 387 Å². The van der Waals surface area contributed by atoms with Crippen LogP contribution in [-0.4, -0.2) is 104 Å². The standard InChI is InChI=1S/2C25H25N5O2.C24H22ClN5O2.C24H23N5O/c2*1-17-9-7-8-12-22(17)23(31)27-25-28-24(26-18(2)19-10-5-4-6-11-19)29-30(25)20-13-15-21(32-3)16-14-20;1-16-7-3-5-9-20(16)22(31)27-24-28-23(26-15-17-8-4-6-10-21(17)25)29-30(24)18-11-13-19(32-2)14-12-18;1-17-11-9-10-16-21(17)22(30)26-24-27-23(25-18(2)19-12-5-3-6-13-19)28-29(24)20-14-7-4-8-15-20/h2*4-16,18H,1-3H3,(H2,26,27,28,29,31);3-14H,15H2,1-2H3,(H2,26,27,28,29,31);3-16,18H,1-2H3,(H2,25,26,27,28,30)/t2*18-;;18-/m10.0/s1. The summed E-state index contributed by atoms with van der Waals surface area (Å²) >= 11 is 6.25. The molecule has 0 bridgehead atoms. The first-order chi connectivity index (χ1) is 61.3. The maximum absolute atomic E-state index is 12.9. The average Bonchev–Trinajstić information content (AvgIpc) is 2.56. The third kappa shape index (κ3) is 23.0. The summed E-state index contributed by atoms with van der Waals surface area (Å²) in [5.41, 5.74) is 13.2. The lowest BCUT2D eigenvalue weighted by molar-refractivity contribution is 0.101. The number of rotatable bonds is 27. The van der Waals surface area contributed by atoms with Crippen molar-refractivity contribution in [3.63, 3.8) is 0 Å². The zero-order valence-corrected chi connectivity index (χ0v) is 71.8. The van der Waals surface area contributed by atoms with Gasteiger partial charge in [-0.05, 0) is 208 Å². The number of halogens is 1. The molecule has 0 aliphatic heterocycles. The molecule has 0 unspecified atom stereocenters. The van der Waals surface area contributed by atoms with Crippen LogP contribution < -0.4 is 56.7 Å². The summed E-state index contributed by atoms with van der Waals surface area (Å²) in [6.45, 7) is 14.2. The summed E-state index contributed by atoms with van der Waals surface area (Å²) in [5.74, 6) is 4.15. The summed E-state index contributed by atoms with van der Waals surface area (Å²) in [4.78, 5) is 69.8. The van der Waals surface area contributed by atoms with Crippen molar-refractivity contribution in [2.45, 2.75) is 73.1 Å². The van der Waals surface area contributed by atoms with Gasteiger partial charge in [0, 0.05) is 33.8 Å². The van der Waals surface area contributed by atoms with E-state index >= 15 is 0 Å². The number of aromatic nitrogens is 12. The van der Waals surface area contributed by atoms with Crippen molar-refractivity contribution in [2.75, 3.05) is 63.9 Å². The lowest BCUT2D eigenvalue weighted by Crippen LogP contribution is -2.17. The van der Waals surface area contributed by atoms with Crippen molar-refractivity contribution >= 4 is 82.8 Å². The number of para-hydroxylation sites is 1. The lowest BCUT2D eigenvalue weighted by atomic mass is 10.1. The summed E-state index contributed by atoms with van der Waals surface area (Å²) in [6.07, 6.45) is 0. The van der Waals surface area contributed by atoms with Crippen LogP contribution in [-0.2, 0) is 6.54 Å². The Bertz CT molecular complexity index is 6120. The van der Waals surface area contributed by atoms with Crippen LogP contribution in [0.15, 0.2) is 315 Å². The number of carbonyl (C=O) groups is 4. The Hall–Kier alpha value is -16.0. The number of methoxy groups -OCH3 is 3. The molecule has 12 aromatic carbocycles. The minimum Gasteiger partial charge on any atom is -0.497 e. The van der Waals surface area contributed by atoms with Gasteiger partial charge in [-0.1, -0.05) is 212 Å². The Morgan fingerprint density at radius 3 is 0.817 bits per heavy atom. The van der Waals surface area contributed by atoms with Crippen molar-refractivity contribution in [2.24, 2.45) is 0 Å². The van der Waals surface area contributed by atoms with Crippen LogP contribution in [0, 0.1) is 27.7 Å². The molecule has 0 spiro atoms. The van der Waals surface area contributed by atoms with Gasteiger partial charge in [0.15, 0.2) is 0 Å². The molecule has 4 heterocycles. The largest absolute Gasteiger partial charge is 0.497 e. The van der Waals surface area contributed by atoms with Gasteiger partial charge in [-0.15, -0.1) is 20.4 Å². The second-order valence-electron chi connectivity index (χ2n) is 29.0. The predicted octanol–water partition coefficient (Wildman–Crippen LogP) is 20.1. The SMILES string of the molecule is COc1ccc(-n2nc(NCc3ccccc3Cl)nc2NC(=O)c2ccccc2C)cc1.COc1ccc(-n2nc(N[C@@H](C)c3ccccc3)nc2NC(=O)c2ccccc2C)cc1.COc1ccc(-n2nc(N[C@H](C)c3ccccc3)nc2NC(=O)c2ccccc2C)cc1.Cc1ccccc1C(=O)Nc1nc(N[C@@H](C)c2ccccc2)nn1-c1ccccc1. The van der Waals surface area contributed by atoms with Gasteiger partial charge < -0.3 is 35.5 Å². The molecule has 16 aromatic rings. The molecular formula is C98H95ClN20O7. The fourth-order valence-electron chi connectivity index (χ4n) is 13.1. The van der Waals surface area contributed by atoms with Crippen LogP contribution in [0.25, 0.3) is 22.7 Å². The number of ether oxygens (including phenoxy) is 3. The second kappa shape index (κ2) is 42.5. The Kier molecular flexibility index (Phi) is 29.6. The van der Waals surface area contributed by atoms with Crippen LogP contribution in [0.1, 0.15) is 125 Å². The number of hydrogen-bond donors (Lipinski definition) is 8. The lowest BCUT2D eigenvalue weighted by Gasteiger charge is -2.12.